The van der Waals surface area contributed by atoms with Crippen LogP contribution in [0.15, 0.2) is 18.2 Å². The molecule has 0 saturated heterocycles. The standard InChI is InChI=1S/C42H53FN2O12S/c1-23-17-31-35(38(53-10)39(58-31)29(47)11-13-33(49)55-24(2)20-44-40(51)57-42(6,7)8)36(43)37(23)54-16-15-28(46)27-18-25-21-45(22-26(25)19-30(27)52-9)32(48)12-14-34(50)56-41(3,4)5/h17-19,24H,11-16,20-22H2,1-10H3,(H,44,51)/t24-/m0/s1. The largest absolute Gasteiger partial charge is 0.496 e. The maximum absolute atomic E-state index is 16.1. The van der Waals surface area contributed by atoms with Crippen LogP contribution < -0.4 is 19.5 Å². The molecule has 316 valence electrons. The fourth-order valence-electron chi connectivity index (χ4n) is 6.17. The lowest BCUT2D eigenvalue weighted by atomic mass is 10.0. The highest BCUT2D eigenvalue weighted by atomic mass is 32.1. The van der Waals surface area contributed by atoms with E-state index in [2.05, 4.69) is 5.32 Å². The van der Waals surface area contributed by atoms with Crippen molar-refractivity contribution in [3.8, 4) is 17.2 Å². The number of aryl methyl sites for hydroxylation is 1. The number of fused-ring (bicyclic) bond motifs is 2. The van der Waals surface area contributed by atoms with Crippen LogP contribution in [0.25, 0.3) is 10.1 Å². The molecule has 0 spiro atoms. The van der Waals surface area contributed by atoms with Gasteiger partial charge in [-0.3, -0.25) is 24.0 Å². The minimum absolute atomic E-state index is 0.00511. The first-order chi connectivity index (χ1) is 27.1. The molecule has 4 rings (SSSR count). The number of benzene rings is 2. The van der Waals surface area contributed by atoms with Gasteiger partial charge in [-0.1, -0.05) is 0 Å². The summed E-state index contributed by atoms with van der Waals surface area (Å²) in [4.78, 5) is 77.9. The fourth-order valence-corrected chi connectivity index (χ4v) is 7.41. The summed E-state index contributed by atoms with van der Waals surface area (Å²) in [6, 6.07) is 5.08. The van der Waals surface area contributed by atoms with Crippen molar-refractivity contribution in [2.45, 2.75) is 118 Å². The van der Waals surface area contributed by atoms with Crippen molar-refractivity contribution in [1.29, 1.82) is 0 Å². The van der Waals surface area contributed by atoms with Crippen LogP contribution in [0, 0.1) is 12.7 Å². The van der Waals surface area contributed by atoms with Crippen LogP contribution in [-0.2, 0) is 41.7 Å². The SMILES string of the molecule is COc1cc2c(cc1C(=O)CCOc1c(C)cc3sc(C(=O)CCC(=O)O[C@@H](C)CNC(=O)OC(C)(C)C)c(OC)c3c1F)CN(C(=O)CCC(=O)OC(C)(C)C)C2. The van der Waals surface area contributed by atoms with Gasteiger partial charge < -0.3 is 38.6 Å². The number of ketones is 2. The van der Waals surface area contributed by atoms with Gasteiger partial charge in [0.25, 0.3) is 0 Å². The van der Waals surface area contributed by atoms with Crippen LogP contribution in [0.5, 0.6) is 17.2 Å². The average molecular weight is 829 g/mol. The van der Waals surface area contributed by atoms with E-state index in [-0.39, 0.29) is 85.3 Å². The number of alkyl carbamates (subject to hydrolysis) is 1. The highest BCUT2D eigenvalue weighted by Crippen LogP contribution is 2.44. The Hall–Kier alpha value is -5.25. The summed E-state index contributed by atoms with van der Waals surface area (Å²) in [7, 11) is 2.75. The minimum atomic E-state index is -0.758. The Labute approximate surface area is 341 Å². The van der Waals surface area contributed by atoms with Gasteiger partial charge in [-0.25, -0.2) is 9.18 Å². The molecule has 0 bridgehead atoms. The van der Waals surface area contributed by atoms with Gasteiger partial charge in [-0.05, 0) is 90.3 Å². The lowest BCUT2D eigenvalue weighted by molar-refractivity contribution is -0.156. The third-order valence-electron chi connectivity index (χ3n) is 8.73. The number of methoxy groups -OCH3 is 2. The predicted octanol–water partition coefficient (Wildman–Crippen LogP) is 7.40. The van der Waals surface area contributed by atoms with Gasteiger partial charge in [0.05, 0.1) is 51.2 Å². The molecule has 1 N–H and O–H groups in total. The number of amides is 2. The zero-order chi connectivity index (χ0) is 43.1. The van der Waals surface area contributed by atoms with E-state index in [1.165, 1.54) is 14.2 Å². The quantitative estimate of drug-likeness (QED) is 0.0813. The molecule has 58 heavy (non-hydrogen) atoms. The van der Waals surface area contributed by atoms with Crippen molar-refractivity contribution in [3.63, 3.8) is 0 Å². The predicted molar refractivity (Wildman–Crippen MR) is 213 cm³/mol. The Morgan fingerprint density at radius 3 is 2.07 bits per heavy atom. The molecule has 1 aliphatic heterocycles. The molecule has 0 unspecified atom stereocenters. The maximum Gasteiger partial charge on any atom is 0.407 e. The number of hydrogen-bond acceptors (Lipinski definition) is 13. The molecule has 3 aromatic rings. The second kappa shape index (κ2) is 19.0. The monoisotopic (exact) mass is 828 g/mol. The molecule has 14 nitrogen and oxygen atoms in total. The number of hydrogen-bond donors (Lipinski definition) is 1. The van der Waals surface area contributed by atoms with E-state index >= 15 is 4.39 Å². The number of halogens is 1. The number of ether oxygens (including phenoxy) is 6. The number of esters is 2. The van der Waals surface area contributed by atoms with Crippen molar-refractivity contribution in [3.05, 3.63) is 51.1 Å². The lowest BCUT2D eigenvalue weighted by Crippen LogP contribution is -2.37. The summed E-state index contributed by atoms with van der Waals surface area (Å²) in [5.74, 6) is -2.61. The normalized spacial score (nSPS) is 13.1. The smallest absolute Gasteiger partial charge is 0.407 e. The molecule has 1 aromatic heterocycles. The molecule has 0 aliphatic carbocycles. The zero-order valence-corrected chi connectivity index (χ0v) is 35.6. The number of nitrogens with one attached hydrogen (secondary N) is 1. The van der Waals surface area contributed by atoms with E-state index in [4.69, 9.17) is 28.4 Å². The van der Waals surface area contributed by atoms with Gasteiger partial charge in [0.15, 0.2) is 28.9 Å². The lowest BCUT2D eigenvalue weighted by Gasteiger charge is -2.20. The summed E-state index contributed by atoms with van der Waals surface area (Å²) in [5.41, 5.74) is 0.995. The first-order valence-corrected chi connectivity index (χ1v) is 19.8. The Bertz CT molecular complexity index is 2060. The van der Waals surface area contributed by atoms with Crippen molar-refractivity contribution in [2.75, 3.05) is 27.4 Å². The highest BCUT2D eigenvalue weighted by molar-refractivity contribution is 7.21. The van der Waals surface area contributed by atoms with Crippen LogP contribution in [-0.4, -0.2) is 85.1 Å². The van der Waals surface area contributed by atoms with E-state index in [1.807, 2.05) is 0 Å². The van der Waals surface area contributed by atoms with Gasteiger partial charge >= 0.3 is 18.0 Å². The zero-order valence-electron chi connectivity index (χ0n) is 34.8. The molecule has 2 aromatic carbocycles. The molecular formula is C42H53FN2O12S. The molecule has 1 aliphatic rings. The van der Waals surface area contributed by atoms with Crippen LogP contribution in [0.1, 0.15) is 117 Å². The first kappa shape index (κ1) is 45.5. The number of carbonyl (C=O) groups is 6. The molecule has 1 atom stereocenters. The molecule has 2 amide bonds. The fraction of sp³-hybridized carbons (Fsp3) is 0.524. The Morgan fingerprint density at radius 1 is 0.810 bits per heavy atom. The number of nitrogens with zero attached hydrogens (tertiary/aromatic N) is 1. The molecule has 0 fully saturated rings. The summed E-state index contributed by atoms with van der Waals surface area (Å²) < 4.78 is 49.2. The van der Waals surface area contributed by atoms with Crippen molar-refractivity contribution in [1.82, 2.24) is 10.2 Å². The number of carbonyl (C=O) groups excluding carboxylic acids is 6. The van der Waals surface area contributed by atoms with Crippen LogP contribution in [0.3, 0.4) is 0 Å². The van der Waals surface area contributed by atoms with Gasteiger partial charge in [0.1, 0.15) is 27.9 Å². The molecule has 2 heterocycles. The Morgan fingerprint density at radius 2 is 1.45 bits per heavy atom. The van der Waals surface area contributed by atoms with E-state index < -0.39 is 46.9 Å². The van der Waals surface area contributed by atoms with Gasteiger partial charge in [0.2, 0.25) is 5.91 Å². The second-order valence-corrected chi connectivity index (χ2v) is 17.0. The van der Waals surface area contributed by atoms with Crippen LogP contribution >= 0.6 is 11.3 Å². The second-order valence-electron chi connectivity index (χ2n) is 16.0. The summed E-state index contributed by atoms with van der Waals surface area (Å²) in [6.07, 6.45) is -1.98. The minimum Gasteiger partial charge on any atom is -0.496 e. The first-order valence-electron chi connectivity index (χ1n) is 18.9. The summed E-state index contributed by atoms with van der Waals surface area (Å²) in [5, 5.41) is 2.56. The van der Waals surface area contributed by atoms with E-state index in [9.17, 15) is 28.8 Å². The highest BCUT2D eigenvalue weighted by Gasteiger charge is 2.29. The van der Waals surface area contributed by atoms with Crippen LogP contribution in [0.2, 0.25) is 0 Å². The van der Waals surface area contributed by atoms with Crippen LogP contribution in [0.4, 0.5) is 9.18 Å². The Kier molecular flexibility index (Phi) is 14.9. The molecule has 16 heteroatoms. The van der Waals surface area contributed by atoms with E-state index in [0.717, 1.165) is 22.5 Å². The summed E-state index contributed by atoms with van der Waals surface area (Å²) in [6.45, 7) is 14.1. The molecule has 0 saturated carbocycles. The van der Waals surface area contributed by atoms with E-state index in [1.54, 1.807) is 78.5 Å². The van der Waals surface area contributed by atoms with E-state index in [0.29, 0.717) is 28.1 Å². The Balaban J connectivity index is 1.36. The van der Waals surface area contributed by atoms with Crippen molar-refractivity contribution >= 4 is 56.9 Å². The van der Waals surface area contributed by atoms with Crippen molar-refractivity contribution in [2.24, 2.45) is 0 Å². The third kappa shape index (κ3) is 12.1. The van der Waals surface area contributed by atoms with Gasteiger partial charge in [-0.15, -0.1) is 11.3 Å². The average Bonchev–Trinajstić information content (AvgIpc) is 3.72. The number of rotatable bonds is 17. The molecule has 0 radical (unpaired) electrons. The van der Waals surface area contributed by atoms with Gasteiger partial charge in [-0.2, -0.15) is 0 Å². The number of Topliss-reactive ketones (excluding diaryl/α,β-unsaturated/α-hetero) is 2. The van der Waals surface area contributed by atoms with Crippen molar-refractivity contribution < 1.29 is 61.6 Å². The van der Waals surface area contributed by atoms with Gasteiger partial charge in [0, 0.05) is 37.1 Å². The topological polar surface area (TPSA) is 173 Å². The third-order valence-corrected chi connectivity index (χ3v) is 9.89. The number of thiophene rings is 1. The summed E-state index contributed by atoms with van der Waals surface area (Å²) >= 11 is 1.03. The maximum atomic E-state index is 16.1. The molecular weight excluding hydrogens is 776 g/mol.